The molecule has 34 heavy (non-hydrogen) atoms. The lowest BCUT2D eigenvalue weighted by Gasteiger charge is -2.32. The number of halogens is 1. The van der Waals surface area contributed by atoms with Crippen molar-refractivity contribution in [3.05, 3.63) is 65.5 Å². The molecule has 2 fully saturated rings. The summed E-state index contributed by atoms with van der Waals surface area (Å²) in [6, 6.07) is 9.81. The van der Waals surface area contributed by atoms with E-state index in [0.717, 1.165) is 54.2 Å². The summed E-state index contributed by atoms with van der Waals surface area (Å²) in [4.78, 5) is 15.8. The van der Waals surface area contributed by atoms with Crippen LogP contribution in [0.1, 0.15) is 48.4 Å². The number of benzene rings is 1. The van der Waals surface area contributed by atoms with Gasteiger partial charge >= 0.3 is 0 Å². The zero-order chi connectivity index (χ0) is 23.2. The molecular formula is C26H28FN7. The van der Waals surface area contributed by atoms with Crippen molar-refractivity contribution in [2.75, 3.05) is 23.3 Å². The molecule has 1 aliphatic heterocycles. The van der Waals surface area contributed by atoms with Gasteiger partial charge in [0.1, 0.15) is 18.0 Å². The van der Waals surface area contributed by atoms with Gasteiger partial charge in [0.2, 0.25) is 5.95 Å². The summed E-state index contributed by atoms with van der Waals surface area (Å²) < 4.78 is 15.8. The van der Waals surface area contributed by atoms with Gasteiger partial charge in [-0.1, -0.05) is 6.07 Å². The van der Waals surface area contributed by atoms with E-state index in [1.165, 1.54) is 24.5 Å². The van der Waals surface area contributed by atoms with Crippen molar-refractivity contribution >= 4 is 17.4 Å². The lowest BCUT2D eigenvalue weighted by atomic mass is 10.0. The third-order valence-corrected chi connectivity index (χ3v) is 6.91. The van der Waals surface area contributed by atoms with Gasteiger partial charge < -0.3 is 10.2 Å². The van der Waals surface area contributed by atoms with Gasteiger partial charge in [0.25, 0.3) is 0 Å². The smallest absolute Gasteiger partial charge is 0.243 e. The van der Waals surface area contributed by atoms with Crippen LogP contribution in [-0.2, 0) is 0 Å². The first-order chi connectivity index (χ1) is 16.5. The van der Waals surface area contributed by atoms with Gasteiger partial charge in [0.05, 0.1) is 0 Å². The molecule has 2 aliphatic rings. The molecule has 3 aromatic heterocycles. The van der Waals surface area contributed by atoms with Crippen molar-refractivity contribution in [2.45, 2.75) is 51.5 Å². The van der Waals surface area contributed by atoms with Crippen molar-refractivity contribution in [3.63, 3.8) is 0 Å². The van der Waals surface area contributed by atoms with Crippen molar-refractivity contribution in [1.82, 2.24) is 24.6 Å². The highest BCUT2D eigenvalue weighted by atomic mass is 19.1. The molecule has 0 spiro atoms. The molecule has 7 nitrogen and oxygen atoms in total. The number of aromatic nitrogens is 5. The number of piperidine rings is 1. The molecule has 1 aliphatic carbocycles. The lowest BCUT2D eigenvalue weighted by Crippen LogP contribution is -2.39. The van der Waals surface area contributed by atoms with Crippen LogP contribution in [0.25, 0.3) is 16.8 Å². The SMILES string of the molecule is Cc1cc(N2CCC(Nc3nc4c(-c5ccc(F)c(C)c5)cc(C5CC5)cn4n3)CC2)ncn1. The quantitative estimate of drug-likeness (QED) is 0.460. The Labute approximate surface area is 198 Å². The van der Waals surface area contributed by atoms with E-state index in [2.05, 4.69) is 32.4 Å². The molecule has 4 aromatic rings. The van der Waals surface area contributed by atoms with Crippen LogP contribution in [-0.4, -0.2) is 43.7 Å². The van der Waals surface area contributed by atoms with Crippen molar-refractivity contribution in [2.24, 2.45) is 0 Å². The summed E-state index contributed by atoms with van der Waals surface area (Å²) in [6.45, 7) is 5.64. The summed E-state index contributed by atoms with van der Waals surface area (Å²) in [5, 5.41) is 8.33. The summed E-state index contributed by atoms with van der Waals surface area (Å²) in [6.07, 6.45) is 8.11. The number of nitrogens with zero attached hydrogens (tertiary/aromatic N) is 6. The minimum atomic E-state index is -0.189. The highest BCUT2D eigenvalue weighted by molar-refractivity contribution is 5.79. The monoisotopic (exact) mass is 457 g/mol. The first kappa shape index (κ1) is 21.0. The van der Waals surface area contributed by atoms with Gasteiger partial charge in [0.15, 0.2) is 5.65 Å². The standard InChI is InChI=1S/C26H28FN7/c1-16-11-19(5-6-23(16)27)22-13-20(18-3-4-18)14-34-25(22)31-26(32-34)30-21-7-9-33(10-8-21)24-12-17(2)28-15-29-24/h5-6,11-15,18,21H,3-4,7-10H2,1-2H3,(H,30,32). The predicted molar refractivity (Wildman–Crippen MR) is 131 cm³/mol. The second-order valence-electron chi connectivity index (χ2n) is 9.55. The molecule has 1 N–H and O–H groups in total. The minimum Gasteiger partial charge on any atom is -0.356 e. The second kappa shape index (κ2) is 8.34. The summed E-state index contributed by atoms with van der Waals surface area (Å²) in [5.41, 5.74) is 5.66. The molecule has 0 amide bonds. The van der Waals surface area contributed by atoms with Crippen LogP contribution in [0.4, 0.5) is 16.2 Å². The van der Waals surface area contributed by atoms with Gasteiger partial charge in [-0.15, -0.1) is 5.10 Å². The topological polar surface area (TPSA) is 71.2 Å². The summed E-state index contributed by atoms with van der Waals surface area (Å²) in [7, 11) is 0. The van der Waals surface area contributed by atoms with Crippen LogP contribution in [0.15, 0.2) is 42.9 Å². The Morgan fingerprint density at radius 2 is 1.82 bits per heavy atom. The van der Waals surface area contributed by atoms with Crippen LogP contribution < -0.4 is 10.2 Å². The number of aryl methyl sites for hydroxylation is 2. The Bertz CT molecular complexity index is 1350. The van der Waals surface area contributed by atoms with Gasteiger partial charge in [-0.2, -0.15) is 4.98 Å². The first-order valence-electron chi connectivity index (χ1n) is 12.0. The zero-order valence-electron chi connectivity index (χ0n) is 19.5. The maximum Gasteiger partial charge on any atom is 0.243 e. The molecule has 0 atom stereocenters. The van der Waals surface area contributed by atoms with E-state index in [-0.39, 0.29) is 5.82 Å². The fourth-order valence-electron chi connectivity index (χ4n) is 4.78. The molecule has 4 heterocycles. The van der Waals surface area contributed by atoms with Gasteiger partial charge in [0, 0.05) is 42.7 Å². The van der Waals surface area contributed by atoms with Crippen LogP contribution in [0.2, 0.25) is 0 Å². The molecule has 0 bridgehead atoms. The molecule has 174 valence electrons. The predicted octanol–water partition coefficient (Wildman–Crippen LogP) is 4.90. The number of anilines is 2. The van der Waals surface area contributed by atoms with E-state index in [4.69, 9.17) is 10.1 Å². The third kappa shape index (κ3) is 4.08. The van der Waals surface area contributed by atoms with Crippen LogP contribution >= 0.6 is 0 Å². The summed E-state index contributed by atoms with van der Waals surface area (Å²) in [5.74, 6) is 2.03. The highest BCUT2D eigenvalue weighted by Crippen LogP contribution is 2.42. The van der Waals surface area contributed by atoms with E-state index in [0.29, 0.717) is 23.5 Å². The molecule has 0 radical (unpaired) electrons. The zero-order valence-corrected chi connectivity index (χ0v) is 19.5. The maximum atomic E-state index is 13.9. The van der Waals surface area contributed by atoms with Crippen LogP contribution in [0.5, 0.6) is 0 Å². The van der Waals surface area contributed by atoms with Crippen LogP contribution in [0, 0.1) is 19.7 Å². The van der Waals surface area contributed by atoms with Gasteiger partial charge in [-0.3, -0.25) is 0 Å². The normalized spacial score (nSPS) is 16.9. The molecular weight excluding hydrogens is 429 g/mol. The maximum absolute atomic E-state index is 13.9. The Hall–Kier alpha value is -3.55. The Kier molecular flexibility index (Phi) is 5.16. The molecule has 1 saturated carbocycles. The molecule has 1 saturated heterocycles. The first-order valence-corrected chi connectivity index (χ1v) is 12.0. The Morgan fingerprint density at radius 3 is 2.56 bits per heavy atom. The number of hydrogen-bond acceptors (Lipinski definition) is 6. The van der Waals surface area contributed by atoms with Crippen molar-refractivity contribution < 1.29 is 4.39 Å². The summed E-state index contributed by atoms with van der Waals surface area (Å²) >= 11 is 0. The highest BCUT2D eigenvalue weighted by Gasteiger charge is 2.26. The third-order valence-electron chi connectivity index (χ3n) is 6.91. The second-order valence-corrected chi connectivity index (χ2v) is 9.55. The van der Waals surface area contributed by atoms with Crippen LogP contribution in [0.3, 0.4) is 0 Å². The minimum absolute atomic E-state index is 0.189. The average molecular weight is 458 g/mol. The Balaban J connectivity index is 1.25. The number of rotatable bonds is 5. The molecule has 0 unspecified atom stereocenters. The number of nitrogens with one attached hydrogen (secondary N) is 1. The van der Waals surface area contributed by atoms with E-state index in [1.807, 2.05) is 29.6 Å². The van der Waals surface area contributed by atoms with E-state index in [9.17, 15) is 4.39 Å². The van der Waals surface area contributed by atoms with E-state index >= 15 is 0 Å². The largest absolute Gasteiger partial charge is 0.356 e. The van der Waals surface area contributed by atoms with Gasteiger partial charge in [-0.25, -0.2) is 18.9 Å². The Morgan fingerprint density at radius 1 is 1.00 bits per heavy atom. The number of pyridine rings is 1. The fraction of sp³-hybridized carbons (Fsp3) is 0.385. The molecule has 8 heteroatoms. The average Bonchev–Trinajstić information content (AvgIpc) is 3.61. The number of fused-ring (bicyclic) bond motifs is 1. The van der Waals surface area contributed by atoms with Crippen molar-refractivity contribution in [3.8, 4) is 11.1 Å². The molecule has 1 aromatic carbocycles. The molecule has 6 rings (SSSR count). The lowest BCUT2D eigenvalue weighted by molar-refractivity contribution is 0.520. The number of hydrogen-bond donors (Lipinski definition) is 1. The van der Waals surface area contributed by atoms with Crippen molar-refractivity contribution in [1.29, 1.82) is 0 Å². The van der Waals surface area contributed by atoms with Gasteiger partial charge in [-0.05, 0) is 80.3 Å². The van der Waals surface area contributed by atoms with E-state index in [1.54, 1.807) is 13.3 Å². The van der Waals surface area contributed by atoms with E-state index < -0.39 is 0 Å². The fourth-order valence-corrected chi connectivity index (χ4v) is 4.78.